The highest BCUT2D eigenvalue weighted by atomic mass is 32.1. The highest BCUT2D eigenvalue weighted by molar-refractivity contribution is 7.12. The van der Waals surface area contributed by atoms with E-state index in [1.807, 2.05) is 35.8 Å². The first kappa shape index (κ1) is 15.3. The minimum atomic E-state index is -0.912. The van der Waals surface area contributed by atoms with Gasteiger partial charge in [-0.05, 0) is 46.3 Å². The van der Waals surface area contributed by atoms with Crippen LogP contribution in [0.5, 0.6) is 0 Å². The lowest BCUT2D eigenvalue weighted by Crippen LogP contribution is -2.02. The molecule has 4 heterocycles. The van der Waals surface area contributed by atoms with Crippen LogP contribution in [-0.4, -0.2) is 26.0 Å². The van der Waals surface area contributed by atoms with E-state index in [0.717, 1.165) is 33.5 Å². The number of nitrogens with one attached hydrogen (secondary N) is 2. The molecule has 0 aliphatic carbocycles. The predicted molar refractivity (Wildman–Crippen MR) is 97.9 cm³/mol. The van der Waals surface area contributed by atoms with Gasteiger partial charge in [-0.25, -0.2) is 9.78 Å². The number of hydrogen-bond acceptors (Lipinski definition) is 5. The van der Waals surface area contributed by atoms with Gasteiger partial charge in [0.25, 0.3) is 0 Å². The Hall–Kier alpha value is -3.19. The average Bonchev–Trinajstić information content (AvgIpc) is 3.29. The number of anilines is 1. The van der Waals surface area contributed by atoms with Gasteiger partial charge in [-0.1, -0.05) is 6.07 Å². The maximum absolute atomic E-state index is 11.2. The lowest BCUT2D eigenvalue weighted by molar-refractivity contribution is 0.0702. The number of rotatable bonds is 5. The molecule has 0 saturated heterocycles. The number of H-pyrrole nitrogens is 1. The van der Waals surface area contributed by atoms with Crippen LogP contribution in [0.25, 0.3) is 22.2 Å². The van der Waals surface area contributed by atoms with Gasteiger partial charge < -0.3 is 15.4 Å². The summed E-state index contributed by atoms with van der Waals surface area (Å²) in [5.41, 5.74) is 3.64. The summed E-state index contributed by atoms with van der Waals surface area (Å²) in [7, 11) is 0. The van der Waals surface area contributed by atoms with Crippen molar-refractivity contribution in [3.8, 4) is 11.1 Å². The summed E-state index contributed by atoms with van der Waals surface area (Å²) in [5, 5.41) is 15.3. The Morgan fingerprint density at radius 3 is 3.00 bits per heavy atom. The molecule has 0 amide bonds. The van der Waals surface area contributed by atoms with E-state index in [4.69, 9.17) is 5.11 Å². The molecule has 0 aromatic carbocycles. The maximum atomic E-state index is 11.2. The van der Waals surface area contributed by atoms with Crippen molar-refractivity contribution in [2.45, 2.75) is 6.54 Å². The van der Waals surface area contributed by atoms with Crippen LogP contribution in [0, 0.1) is 0 Å². The summed E-state index contributed by atoms with van der Waals surface area (Å²) in [6, 6.07) is 9.47. The molecular formula is C18H14N4O2S. The smallest absolute Gasteiger partial charge is 0.345 e. The molecule has 0 bridgehead atoms. The molecule has 0 atom stereocenters. The summed E-state index contributed by atoms with van der Waals surface area (Å²) >= 11 is 1.22. The number of aromatic nitrogens is 3. The van der Waals surface area contributed by atoms with E-state index in [0.29, 0.717) is 11.4 Å². The third-order valence-electron chi connectivity index (χ3n) is 3.85. The van der Waals surface area contributed by atoms with Crippen molar-refractivity contribution in [2.75, 3.05) is 5.32 Å². The first-order chi connectivity index (χ1) is 12.2. The van der Waals surface area contributed by atoms with E-state index in [1.165, 1.54) is 11.3 Å². The molecule has 0 unspecified atom stereocenters. The number of carboxylic acids is 1. The molecule has 4 aromatic heterocycles. The molecular weight excluding hydrogens is 336 g/mol. The van der Waals surface area contributed by atoms with Crippen molar-refractivity contribution in [3.63, 3.8) is 0 Å². The van der Waals surface area contributed by atoms with Crippen LogP contribution >= 0.6 is 11.3 Å². The van der Waals surface area contributed by atoms with Gasteiger partial charge in [-0.3, -0.25) is 4.98 Å². The minimum absolute atomic E-state index is 0.320. The lowest BCUT2D eigenvalue weighted by atomic mass is 10.1. The maximum Gasteiger partial charge on any atom is 0.345 e. The fraction of sp³-hybridized carbons (Fsp3) is 0.0556. The van der Waals surface area contributed by atoms with Gasteiger partial charge in [0.05, 0.1) is 0 Å². The summed E-state index contributed by atoms with van der Waals surface area (Å²) < 4.78 is 0. The van der Waals surface area contributed by atoms with Crippen LogP contribution in [-0.2, 0) is 6.54 Å². The SMILES string of the molecule is O=C(O)c1cc(-c2cc(NCc3cccnc3)nc3[nH]ccc23)cs1. The molecule has 4 rings (SSSR count). The Kier molecular flexibility index (Phi) is 3.91. The van der Waals surface area contributed by atoms with Crippen molar-refractivity contribution in [1.29, 1.82) is 0 Å². The molecule has 124 valence electrons. The van der Waals surface area contributed by atoms with E-state index in [9.17, 15) is 4.79 Å². The summed E-state index contributed by atoms with van der Waals surface area (Å²) in [6.07, 6.45) is 5.37. The topological polar surface area (TPSA) is 90.9 Å². The first-order valence-corrected chi connectivity index (χ1v) is 8.52. The van der Waals surface area contributed by atoms with Crippen LogP contribution in [0.1, 0.15) is 15.2 Å². The van der Waals surface area contributed by atoms with Crippen LogP contribution in [0.2, 0.25) is 0 Å². The van der Waals surface area contributed by atoms with Crippen molar-refractivity contribution < 1.29 is 9.90 Å². The largest absolute Gasteiger partial charge is 0.477 e. The second-order valence-corrected chi connectivity index (χ2v) is 6.43. The Balaban J connectivity index is 1.70. The number of thiophene rings is 1. The summed E-state index contributed by atoms with van der Waals surface area (Å²) in [6.45, 7) is 0.608. The molecule has 0 saturated carbocycles. The number of carbonyl (C=O) groups is 1. The molecule has 7 heteroatoms. The zero-order chi connectivity index (χ0) is 17.2. The normalized spacial score (nSPS) is 10.9. The molecule has 0 aliphatic heterocycles. The molecule has 3 N–H and O–H groups in total. The molecule has 0 aliphatic rings. The number of pyridine rings is 2. The minimum Gasteiger partial charge on any atom is -0.477 e. The van der Waals surface area contributed by atoms with Gasteiger partial charge in [-0.15, -0.1) is 11.3 Å². The second-order valence-electron chi connectivity index (χ2n) is 5.51. The quantitative estimate of drug-likeness (QED) is 0.506. The fourth-order valence-corrected chi connectivity index (χ4v) is 3.40. The molecule has 0 fully saturated rings. The Bertz CT molecular complexity index is 1040. The van der Waals surface area contributed by atoms with Gasteiger partial charge in [0.1, 0.15) is 16.3 Å². The summed E-state index contributed by atoms with van der Waals surface area (Å²) in [5.74, 6) is -0.192. The highest BCUT2D eigenvalue weighted by Crippen LogP contribution is 2.33. The second kappa shape index (κ2) is 6.37. The molecule has 4 aromatic rings. The van der Waals surface area contributed by atoms with Gasteiger partial charge in [-0.2, -0.15) is 0 Å². The van der Waals surface area contributed by atoms with Gasteiger partial charge in [0, 0.05) is 30.5 Å². The van der Waals surface area contributed by atoms with Crippen LogP contribution in [0.15, 0.2) is 54.3 Å². The number of nitrogens with zero attached hydrogens (tertiary/aromatic N) is 2. The van der Waals surface area contributed by atoms with Gasteiger partial charge in [0.2, 0.25) is 0 Å². The third-order valence-corrected chi connectivity index (χ3v) is 4.76. The van der Waals surface area contributed by atoms with Crippen molar-refractivity contribution in [2.24, 2.45) is 0 Å². The van der Waals surface area contributed by atoms with Crippen LogP contribution in [0.4, 0.5) is 5.82 Å². The van der Waals surface area contributed by atoms with Gasteiger partial charge in [0.15, 0.2) is 0 Å². The van der Waals surface area contributed by atoms with Crippen molar-refractivity contribution >= 4 is 34.2 Å². The Labute approximate surface area is 147 Å². The molecule has 0 radical (unpaired) electrons. The van der Waals surface area contributed by atoms with Crippen LogP contribution < -0.4 is 5.32 Å². The number of carboxylic acid groups (broad SMARTS) is 1. The summed E-state index contributed by atoms with van der Waals surface area (Å²) in [4.78, 5) is 23.3. The first-order valence-electron chi connectivity index (χ1n) is 7.64. The van der Waals surface area contributed by atoms with Crippen molar-refractivity contribution in [3.05, 3.63) is 64.7 Å². The number of fused-ring (bicyclic) bond motifs is 1. The Morgan fingerprint density at radius 2 is 2.24 bits per heavy atom. The lowest BCUT2D eigenvalue weighted by Gasteiger charge is -2.08. The molecule has 0 spiro atoms. The number of hydrogen-bond donors (Lipinski definition) is 3. The van der Waals surface area contributed by atoms with Crippen molar-refractivity contribution in [1.82, 2.24) is 15.0 Å². The van der Waals surface area contributed by atoms with E-state index >= 15 is 0 Å². The number of aromatic amines is 1. The zero-order valence-electron chi connectivity index (χ0n) is 13.1. The predicted octanol–water partition coefficient (Wildman–Crippen LogP) is 4.00. The molecule has 25 heavy (non-hydrogen) atoms. The van der Waals surface area contributed by atoms with E-state index in [-0.39, 0.29) is 0 Å². The highest BCUT2D eigenvalue weighted by Gasteiger charge is 2.13. The Morgan fingerprint density at radius 1 is 1.32 bits per heavy atom. The van der Waals surface area contributed by atoms with Crippen LogP contribution in [0.3, 0.4) is 0 Å². The monoisotopic (exact) mass is 350 g/mol. The van der Waals surface area contributed by atoms with Gasteiger partial charge >= 0.3 is 5.97 Å². The zero-order valence-corrected chi connectivity index (χ0v) is 13.9. The third kappa shape index (κ3) is 3.09. The fourth-order valence-electron chi connectivity index (χ4n) is 2.65. The standard InChI is InChI=1S/C18H14N4O2S/c23-18(24)15-6-12(10-25-15)14-7-16(22-17-13(14)3-5-20-17)21-9-11-2-1-4-19-8-11/h1-8,10H,9H2,(H,23,24)(H2,20,21,22). The van der Waals surface area contributed by atoms with E-state index in [2.05, 4.69) is 20.3 Å². The van der Waals surface area contributed by atoms with E-state index < -0.39 is 5.97 Å². The number of aromatic carboxylic acids is 1. The van der Waals surface area contributed by atoms with E-state index in [1.54, 1.807) is 18.5 Å². The molecule has 6 nitrogen and oxygen atoms in total. The average molecular weight is 350 g/mol.